The fourth-order valence-electron chi connectivity index (χ4n) is 2.25. The lowest BCUT2D eigenvalue weighted by atomic mass is 10.2. The van der Waals surface area contributed by atoms with E-state index in [4.69, 9.17) is 10.2 Å². The minimum Gasteiger partial charge on any atom is -0.480 e. The van der Waals surface area contributed by atoms with Gasteiger partial charge in [-0.05, 0) is 26.4 Å². The summed E-state index contributed by atoms with van der Waals surface area (Å²) in [6.07, 6.45) is 2.18. The van der Waals surface area contributed by atoms with Crippen molar-refractivity contribution in [3.8, 4) is 0 Å². The van der Waals surface area contributed by atoms with Crippen molar-refractivity contribution < 1.29 is 19.8 Å². The highest BCUT2D eigenvalue weighted by molar-refractivity contribution is 5.82. The summed E-state index contributed by atoms with van der Waals surface area (Å²) in [6.45, 7) is 1.34. The highest BCUT2D eigenvalue weighted by Gasteiger charge is 2.26. The number of carbonyl (C=O) groups is 2. The molecule has 110 valence electrons. The van der Waals surface area contributed by atoms with Crippen molar-refractivity contribution in [1.82, 2.24) is 15.1 Å². The maximum Gasteiger partial charge on any atom is 0.326 e. The summed E-state index contributed by atoms with van der Waals surface area (Å²) in [4.78, 5) is 26.5. The largest absolute Gasteiger partial charge is 0.480 e. The number of aliphatic hydroxyl groups is 1. The molecule has 2 amide bonds. The first kappa shape index (κ1) is 15.7. The molecule has 1 saturated heterocycles. The number of carbonyl (C=O) groups excluding carboxylic acids is 1. The van der Waals surface area contributed by atoms with Gasteiger partial charge in [0.05, 0.1) is 0 Å². The molecule has 1 aliphatic heterocycles. The zero-order valence-corrected chi connectivity index (χ0v) is 11.5. The van der Waals surface area contributed by atoms with E-state index in [9.17, 15) is 9.59 Å². The second kappa shape index (κ2) is 7.30. The van der Waals surface area contributed by atoms with E-state index < -0.39 is 18.0 Å². The second-order valence-electron chi connectivity index (χ2n) is 5.01. The lowest BCUT2D eigenvalue weighted by Crippen LogP contribution is -2.49. The number of urea groups is 1. The van der Waals surface area contributed by atoms with Gasteiger partial charge in [-0.25, -0.2) is 9.59 Å². The fourth-order valence-corrected chi connectivity index (χ4v) is 2.25. The van der Waals surface area contributed by atoms with Crippen molar-refractivity contribution in [3.63, 3.8) is 0 Å². The van der Waals surface area contributed by atoms with Crippen LogP contribution in [0.4, 0.5) is 4.79 Å². The molecule has 0 aromatic carbocycles. The molecular weight excluding hydrogens is 250 g/mol. The molecule has 0 saturated carbocycles. The molecule has 1 unspecified atom stereocenters. The minimum atomic E-state index is -1.13. The number of nitrogens with one attached hydrogen (secondary N) is 1. The molecule has 1 rings (SSSR count). The summed E-state index contributed by atoms with van der Waals surface area (Å²) in [6, 6.07) is -1.13. The van der Waals surface area contributed by atoms with Gasteiger partial charge in [-0.3, -0.25) is 0 Å². The smallest absolute Gasteiger partial charge is 0.326 e. The Morgan fingerprint density at radius 2 is 2.21 bits per heavy atom. The highest BCUT2D eigenvalue weighted by atomic mass is 16.4. The van der Waals surface area contributed by atoms with Gasteiger partial charge in [0.2, 0.25) is 0 Å². The van der Waals surface area contributed by atoms with Crippen LogP contribution in [0.15, 0.2) is 0 Å². The molecule has 0 bridgehead atoms. The summed E-state index contributed by atoms with van der Waals surface area (Å²) in [5.41, 5.74) is 0. The van der Waals surface area contributed by atoms with Crippen LogP contribution in [0.3, 0.4) is 0 Å². The standard InChI is InChI=1S/C12H23N3O4/c1-14-6-3-4-9(14)8-15(2)12(19)13-10(5-7-16)11(17)18/h9-10,16H,3-8H2,1-2H3,(H,13,19)(H,17,18)/t9?,10-/m0/s1. The van der Waals surface area contributed by atoms with Gasteiger partial charge in [0, 0.05) is 32.7 Å². The predicted molar refractivity (Wildman–Crippen MR) is 69.9 cm³/mol. The van der Waals surface area contributed by atoms with Crippen molar-refractivity contribution in [2.75, 3.05) is 33.8 Å². The number of amides is 2. The molecule has 7 nitrogen and oxygen atoms in total. The average Bonchev–Trinajstić information content (AvgIpc) is 2.74. The Morgan fingerprint density at radius 3 is 2.68 bits per heavy atom. The van der Waals surface area contributed by atoms with E-state index in [0.29, 0.717) is 12.6 Å². The monoisotopic (exact) mass is 273 g/mol. The molecule has 0 aromatic heterocycles. The van der Waals surface area contributed by atoms with Crippen LogP contribution in [-0.2, 0) is 4.79 Å². The Balaban J connectivity index is 2.44. The summed E-state index contributed by atoms with van der Waals surface area (Å²) >= 11 is 0. The summed E-state index contributed by atoms with van der Waals surface area (Å²) in [7, 11) is 3.68. The zero-order chi connectivity index (χ0) is 14.4. The van der Waals surface area contributed by atoms with Gasteiger partial charge in [-0.1, -0.05) is 0 Å². The van der Waals surface area contributed by atoms with Crippen LogP contribution in [-0.4, -0.2) is 77.9 Å². The first-order valence-corrected chi connectivity index (χ1v) is 6.51. The van der Waals surface area contributed by atoms with Crippen LogP contribution < -0.4 is 5.32 Å². The Kier molecular flexibility index (Phi) is 6.04. The summed E-state index contributed by atoms with van der Waals surface area (Å²) < 4.78 is 0. The lowest BCUT2D eigenvalue weighted by Gasteiger charge is -2.27. The average molecular weight is 273 g/mol. The molecule has 1 heterocycles. The number of likely N-dealkylation sites (N-methyl/N-ethyl adjacent to an activating group) is 2. The van der Waals surface area contributed by atoms with Crippen LogP contribution in [0.5, 0.6) is 0 Å². The number of hydrogen-bond acceptors (Lipinski definition) is 4. The van der Waals surface area contributed by atoms with Crippen molar-refractivity contribution in [1.29, 1.82) is 0 Å². The maximum absolute atomic E-state index is 11.9. The van der Waals surface area contributed by atoms with Crippen LogP contribution >= 0.6 is 0 Å². The Morgan fingerprint density at radius 1 is 1.53 bits per heavy atom. The minimum absolute atomic E-state index is 0.0121. The van der Waals surface area contributed by atoms with E-state index in [-0.39, 0.29) is 13.0 Å². The van der Waals surface area contributed by atoms with E-state index in [2.05, 4.69) is 10.2 Å². The number of likely N-dealkylation sites (tertiary alicyclic amines) is 1. The van der Waals surface area contributed by atoms with E-state index in [1.54, 1.807) is 7.05 Å². The van der Waals surface area contributed by atoms with E-state index in [1.807, 2.05) is 7.05 Å². The van der Waals surface area contributed by atoms with Crippen LogP contribution in [0.1, 0.15) is 19.3 Å². The number of nitrogens with zero attached hydrogens (tertiary/aromatic N) is 2. The molecule has 2 atom stereocenters. The number of rotatable bonds is 6. The highest BCUT2D eigenvalue weighted by Crippen LogP contribution is 2.15. The number of hydrogen-bond donors (Lipinski definition) is 3. The Labute approximate surface area is 113 Å². The maximum atomic E-state index is 11.9. The molecule has 3 N–H and O–H groups in total. The first-order chi connectivity index (χ1) is 8.95. The van der Waals surface area contributed by atoms with Gasteiger partial charge in [-0.15, -0.1) is 0 Å². The normalized spacial score (nSPS) is 21.1. The topological polar surface area (TPSA) is 93.1 Å². The molecule has 0 spiro atoms. The fraction of sp³-hybridized carbons (Fsp3) is 0.833. The molecule has 7 heteroatoms. The molecule has 0 aliphatic carbocycles. The number of aliphatic carboxylic acids is 1. The predicted octanol–water partition coefficient (Wildman–Crippen LogP) is -0.442. The van der Waals surface area contributed by atoms with Crippen molar-refractivity contribution in [2.24, 2.45) is 0 Å². The third-order valence-electron chi connectivity index (χ3n) is 3.52. The first-order valence-electron chi connectivity index (χ1n) is 6.51. The Hall–Kier alpha value is -1.34. The van der Waals surface area contributed by atoms with Gasteiger partial charge in [0.15, 0.2) is 0 Å². The second-order valence-corrected chi connectivity index (χ2v) is 5.01. The van der Waals surface area contributed by atoms with E-state index in [0.717, 1.165) is 19.4 Å². The van der Waals surface area contributed by atoms with Gasteiger partial charge in [0.1, 0.15) is 6.04 Å². The molecule has 1 aliphatic rings. The zero-order valence-electron chi connectivity index (χ0n) is 11.5. The SMILES string of the molecule is CN(CC1CCCN1C)C(=O)N[C@@H](CCO)C(=O)O. The molecule has 1 fully saturated rings. The number of carboxylic acid groups (broad SMARTS) is 1. The third kappa shape index (κ3) is 4.68. The number of carboxylic acids is 1. The lowest BCUT2D eigenvalue weighted by molar-refractivity contribution is -0.139. The van der Waals surface area contributed by atoms with Crippen molar-refractivity contribution in [2.45, 2.75) is 31.3 Å². The van der Waals surface area contributed by atoms with Crippen molar-refractivity contribution in [3.05, 3.63) is 0 Å². The Bertz CT molecular complexity index is 324. The van der Waals surface area contributed by atoms with Gasteiger partial charge in [0.25, 0.3) is 0 Å². The van der Waals surface area contributed by atoms with E-state index in [1.165, 1.54) is 4.90 Å². The summed E-state index contributed by atoms with van der Waals surface area (Å²) in [5.74, 6) is -1.13. The van der Waals surface area contributed by atoms with Crippen LogP contribution in [0, 0.1) is 0 Å². The quantitative estimate of drug-likeness (QED) is 0.610. The molecule has 19 heavy (non-hydrogen) atoms. The van der Waals surface area contributed by atoms with Gasteiger partial charge < -0.3 is 25.3 Å². The van der Waals surface area contributed by atoms with Crippen LogP contribution in [0.25, 0.3) is 0 Å². The molecule has 0 radical (unpaired) electrons. The molecule has 0 aromatic rings. The van der Waals surface area contributed by atoms with Gasteiger partial charge in [-0.2, -0.15) is 0 Å². The molecular formula is C12H23N3O4. The summed E-state index contributed by atoms with van der Waals surface area (Å²) in [5, 5.41) is 20.1. The van der Waals surface area contributed by atoms with E-state index >= 15 is 0 Å². The number of aliphatic hydroxyl groups excluding tert-OH is 1. The third-order valence-corrected chi connectivity index (χ3v) is 3.52. The van der Waals surface area contributed by atoms with Crippen molar-refractivity contribution >= 4 is 12.0 Å². The van der Waals surface area contributed by atoms with Crippen LogP contribution in [0.2, 0.25) is 0 Å². The van der Waals surface area contributed by atoms with Gasteiger partial charge >= 0.3 is 12.0 Å².